The van der Waals surface area contributed by atoms with Gasteiger partial charge in [-0.1, -0.05) is 20.8 Å². The number of ether oxygens (including phenoxy) is 1. The minimum absolute atomic E-state index is 0.375. The summed E-state index contributed by atoms with van der Waals surface area (Å²) in [5, 5.41) is 3.57. The molecule has 4 unspecified atom stereocenters. The second kappa shape index (κ2) is 7.46. The molecule has 0 spiro atoms. The van der Waals surface area contributed by atoms with Gasteiger partial charge < -0.3 is 10.1 Å². The van der Waals surface area contributed by atoms with Crippen LogP contribution in [-0.4, -0.2) is 49.3 Å². The van der Waals surface area contributed by atoms with Crippen LogP contribution in [0.25, 0.3) is 0 Å². The fraction of sp³-hybridized carbons (Fsp3) is 1.00. The highest BCUT2D eigenvalue weighted by molar-refractivity contribution is 4.83. The topological polar surface area (TPSA) is 24.5 Å². The van der Waals surface area contributed by atoms with Gasteiger partial charge in [0.1, 0.15) is 0 Å². The van der Waals surface area contributed by atoms with Crippen molar-refractivity contribution in [3.8, 4) is 0 Å². The molecule has 1 saturated heterocycles. The van der Waals surface area contributed by atoms with Crippen molar-refractivity contribution in [3.05, 3.63) is 0 Å². The van der Waals surface area contributed by atoms with Crippen molar-refractivity contribution in [2.45, 2.75) is 59.7 Å². The first-order chi connectivity index (χ1) is 8.41. The molecular formula is C15H32N2O. The molecule has 3 nitrogen and oxygen atoms in total. The third kappa shape index (κ3) is 4.87. The predicted octanol–water partition coefficient (Wildman–Crippen LogP) is 2.37. The van der Waals surface area contributed by atoms with Gasteiger partial charge in [-0.25, -0.2) is 0 Å². The minimum Gasteiger partial charge on any atom is -0.376 e. The number of morpholine rings is 1. The Morgan fingerprint density at radius 1 is 1.17 bits per heavy atom. The summed E-state index contributed by atoms with van der Waals surface area (Å²) in [7, 11) is 0. The maximum Gasteiger partial charge on any atom is 0.0674 e. The van der Waals surface area contributed by atoms with Crippen molar-refractivity contribution in [1.82, 2.24) is 10.2 Å². The highest BCUT2D eigenvalue weighted by Gasteiger charge is 2.29. The maximum atomic E-state index is 5.71. The molecule has 108 valence electrons. The van der Waals surface area contributed by atoms with Crippen LogP contribution in [0.2, 0.25) is 0 Å². The first-order valence-electron chi connectivity index (χ1n) is 7.49. The van der Waals surface area contributed by atoms with Crippen LogP contribution in [0.5, 0.6) is 0 Å². The van der Waals surface area contributed by atoms with Gasteiger partial charge in [-0.3, -0.25) is 4.90 Å². The fourth-order valence-corrected chi connectivity index (χ4v) is 2.59. The molecule has 1 heterocycles. The lowest BCUT2D eigenvalue weighted by atomic mass is 9.99. The van der Waals surface area contributed by atoms with Crippen molar-refractivity contribution in [2.24, 2.45) is 11.8 Å². The molecular weight excluding hydrogens is 224 g/mol. The van der Waals surface area contributed by atoms with E-state index in [-0.39, 0.29) is 0 Å². The number of hydrogen-bond donors (Lipinski definition) is 1. The summed E-state index contributed by atoms with van der Waals surface area (Å²) in [6, 6.07) is 1.16. The Bertz CT molecular complexity index is 233. The van der Waals surface area contributed by atoms with E-state index in [0.29, 0.717) is 24.1 Å². The third-order valence-electron chi connectivity index (χ3n) is 4.02. The van der Waals surface area contributed by atoms with Crippen molar-refractivity contribution in [1.29, 1.82) is 0 Å². The second-order valence-electron chi connectivity index (χ2n) is 6.46. The van der Waals surface area contributed by atoms with Crippen LogP contribution in [0.15, 0.2) is 0 Å². The van der Waals surface area contributed by atoms with Gasteiger partial charge in [0.05, 0.1) is 12.7 Å². The molecule has 0 aromatic carbocycles. The van der Waals surface area contributed by atoms with Crippen LogP contribution in [0.4, 0.5) is 0 Å². The summed E-state index contributed by atoms with van der Waals surface area (Å²) in [6.07, 6.45) is 0.375. The lowest BCUT2D eigenvalue weighted by Crippen LogP contribution is -2.54. The van der Waals surface area contributed by atoms with Crippen LogP contribution in [0.1, 0.15) is 41.5 Å². The normalized spacial score (nSPS) is 29.5. The van der Waals surface area contributed by atoms with Gasteiger partial charge in [-0.15, -0.1) is 0 Å². The lowest BCUT2D eigenvalue weighted by Gasteiger charge is -2.42. The van der Waals surface area contributed by atoms with Crippen molar-refractivity contribution < 1.29 is 4.74 Å². The quantitative estimate of drug-likeness (QED) is 0.789. The molecule has 1 fully saturated rings. The zero-order valence-corrected chi connectivity index (χ0v) is 13.1. The van der Waals surface area contributed by atoms with Crippen LogP contribution >= 0.6 is 0 Å². The van der Waals surface area contributed by atoms with Crippen molar-refractivity contribution in [2.75, 3.05) is 26.2 Å². The first-order valence-corrected chi connectivity index (χ1v) is 7.49. The Kier molecular flexibility index (Phi) is 6.61. The van der Waals surface area contributed by atoms with Gasteiger partial charge in [-0.05, 0) is 45.7 Å². The Labute approximate surface area is 113 Å². The maximum absolute atomic E-state index is 5.71. The summed E-state index contributed by atoms with van der Waals surface area (Å²) >= 11 is 0. The first kappa shape index (κ1) is 15.9. The zero-order valence-electron chi connectivity index (χ0n) is 13.1. The van der Waals surface area contributed by atoms with E-state index in [1.54, 1.807) is 0 Å². The van der Waals surface area contributed by atoms with Crippen LogP contribution in [-0.2, 0) is 4.74 Å². The van der Waals surface area contributed by atoms with E-state index >= 15 is 0 Å². The summed E-state index contributed by atoms with van der Waals surface area (Å²) in [6.45, 7) is 17.8. The minimum atomic E-state index is 0.375. The van der Waals surface area contributed by atoms with E-state index in [2.05, 4.69) is 51.8 Å². The molecule has 0 radical (unpaired) electrons. The summed E-state index contributed by atoms with van der Waals surface area (Å²) in [4.78, 5) is 2.61. The molecule has 0 bridgehead atoms. The molecule has 0 amide bonds. The van der Waals surface area contributed by atoms with Gasteiger partial charge in [0.2, 0.25) is 0 Å². The fourth-order valence-electron chi connectivity index (χ4n) is 2.59. The second-order valence-corrected chi connectivity index (χ2v) is 6.46. The predicted molar refractivity (Wildman–Crippen MR) is 77.9 cm³/mol. The Balaban J connectivity index is 2.38. The Hall–Kier alpha value is -0.120. The molecule has 0 aliphatic carbocycles. The van der Waals surface area contributed by atoms with Crippen LogP contribution < -0.4 is 5.32 Å². The van der Waals surface area contributed by atoms with Crippen LogP contribution in [0, 0.1) is 11.8 Å². The molecule has 0 aromatic rings. The van der Waals surface area contributed by atoms with E-state index in [1.807, 2.05) is 0 Å². The third-order valence-corrected chi connectivity index (χ3v) is 4.02. The molecule has 4 atom stereocenters. The SMILES string of the molecule is CC(C)CNCC(C)C(C)N1CC(C)OCC1C. The molecule has 0 aromatic heterocycles. The van der Waals surface area contributed by atoms with E-state index in [0.717, 1.165) is 32.2 Å². The van der Waals surface area contributed by atoms with E-state index in [1.165, 1.54) is 0 Å². The largest absolute Gasteiger partial charge is 0.376 e. The molecule has 1 aliphatic heterocycles. The number of nitrogens with zero attached hydrogens (tertiary/aromatic N) is 1. The monoisotopic (exact) mass is 256 g/mol. The Morgan fingerprint density at radius 2 is 1.83 bits per heavy atom. The van der Waals surface area contributed by atoms with Crippen molar-refractivity contribution in [3.63, 3.8) is 0 Å². The van der Waals surface area contributed by atoms with E-state index < -0.39 is 0 Å². The highest BCUT2D eigenvalue weighted by Crippen LogP contribution is 2.19. The average Bonchev–Trinajstić information content (AvgIpc) is 2.30. The standard InChI is InChI=1S/C15H32N2O/c1-11(2)7-16-8-12(3)15(6)17-9-14(5)18-10-13(17)4/h11-16H,7-10H2,1-6H3. The van der Waals surface area contributed by atoms with Gasteiger partial charge in [0.15, 0.2) is 0 Å². The molecule has 1 N–H and O–H groups in total. The average molecular weight is 256 g/mol. The van der Waals surface area contributed by atoms with Crippen LogP contribution in [0.3, 0.4) is 0 Å². The van der Waals surface area contributed by atoms with Crippen molar-refractivity contribution >= 4 is 0 Å². The highest BCUT2D eigenvalue weighted by atomic mass is 16.5. The van der Waals surface area contributed by atoms with Gasteiger partial charge in [-0.2, -0.15) is 0 Å². The summed E-state index contributed by atoms with van der Waals surface area (Å²) in [5.41, 5.74) is 0. The summed E-state index contributed by atoms with van der Waals surface area (Å²) < 4.78 is 5.71. The smallest absolute Gasteiger partial charge is 0.0674 e. The van der Waals surface area contributed by atoms with Gasteiger partial charge in [0.25, 0.3) is 0 Å². The molecule has 18 heavy (non-hydrogen) atoms. The summed E-state index contributed by atoms with van der Waals surface area (Å²) in [5.74, 6) is 1.41. The Morgan fingerprint density at radius 3 is 2.44 bits per heavy atom. The van der Waals surface area contributed by atoms with E-state index in [9.17, 15) is 0 Å². The number of hydrogen-bond acceptors (Lipinski definition) is 3. The lowest BCUT2D eigenvalue weighted by molar-refractivity contribution is -0.0706. The van der Waals surface area contributed by atoms with Gasteiger partial charge >= 0.3 is 0 Å². The number of rotatable bonds is 6. The van der Waals surface area contributed by atoms with Gasteiger partial charge in [0, 0.05) is 18.6 Å². The molecule has 1 rings (SSSR count). The number of nitrogens with one attached hydrogen (secondary N) is 1. The van der Waals surface area contributed by atoms with E-state index in [4.69, 9.17) is 4.74 Å². The zero-order chi connectivity index (χ0) is 13.7. The molecule has 0 saturated carbocycles. The molecule has 3 heteroatoms. The molecule has 1 aliphatic rings.